The lowest BCUT2D eigenvalue weighted by Crippen LogP contribution is -1.99. The maximum Gasteiger partial charge on any atom is 0.335 e. The molecule has 3 aromatic carbocycles. The highest BCUT2D eigenvalue weighted by Crippen LogP contribution is 2.23. The minimum Gasteiger partial charge on any atom is -0.478 e. The molecule has 0 saturated carbocycles. The summed E-state index contributed by atoms with van der Waals surface area (Å²) in [6.07, 6.45) is 0.739. The Hall–Kier alpha value is -2.61. The van der Waals surface area contributed by atoms with Gasteiger partial charge in [-0.2, -0.15) is 0 Å². The van der Waals surface area contributed by atoms with Gasteiger partial charge >= 0.3 is 5.97 Å². The summed E-state index contributed by atoms with van der Waals surface area (Å²) in [4.78, 5) is 11.2. The number of carboxylic acid groups (broad SMARTS) is 1. The van der Waals surface area contributed by atoms with Crippen molar-refractivity contribution in [3.8, 4) is 0 Å². The Morgan fingerprint density at radius 2 is 1.60 bits per heavy atom. The van der Waals surface area contributed by atoms with Crippen LogP contribution in [0.2, 0.25) is 0 Å². The Bertz CT molecular complexity index is 761. The standard InChI is InChI=1S/C18H14O2/c19-18(20)16-11-14-8-4-5-9-17(14)15(12-16)10-13-6-2-1-3-7-13/h1-9,11-12H,10H2,(H,19,20). The maximum absolute atomic E-state index is 11.2. The van der Waals surface area contributed by atoms with Crippen molar-refractivity contribution < 1.29 is 9.90 Å². The molecule has 0 saturated heterocycles. The topological polar surface area (TPSA) is 37.3 Å². The molecule has 0 aliphatic heterocycles. The molecular weight excluding hydrogens is 248 g/mol. The highest BCUT2D eigenvalue weighted by Gasteiger charge is 2.09. The summed E-state index contributed by atoms with van der Waals surface area (Å²) in [6, 6.07) is 21.5. The fraction of sp³-hybridized carbons (Fsp3) is 0.0556. The molecular formula is C18H14O2. The molecule has 0 amide bonds. The molecule has 0 atom stereocenters. The zero-order chi connectivity index (χ0) is 13.9. The van der Waals surface area contributed by atoms with Gasteiger partial charge in [-0.05, 0) is 40.5 Å². The highest BCUT2D eigenvalue weighted by atomic mass is 16.4. The first-order valence-electron chi connectivity index (χ1n) is 6.53. The van der Waals surface area contributed by atoms with E-state index in [-0.39, 0.29) is 0 Å². The van der Waals surface area contributed by atoms with Gasteiger partial charge < -0.3 is 5.11 Å². The molecule has 3 aromatic rings. The third-order valence-electron chi connectivity index (χ3n) is 3.43. The SMILES string of the molecule is O=C(O)c1cc(Cc2ccccc2)c2ccccc2c1. The Morgan fingerprint density at radius 1 is 0.900 bits per heavy atom. The average Bonchev–Trinajstić information content (AvgIpc) is 2.48. The second-order valence-electron chi connectivity index (χ2n) is 4.82. The zero-order valence-corrected chi connectivity index (χ0v) is 10.9. The molecule has 0 bridgehead atoms. The first kappa shape index (κ1) is 12.4. The van der Waals surface area contributed by atoms with Crippen molar-refractivity contribution in [2.75, 3.05) is 0 Å². The maximum atomic E-state index is 11.2. The van der Waals surface area contributed by atoms with E-state index in [9.17, 15) is 9.90 Å². The largest absolute Gasteiger partial charge is 0.478 e. The summed E-state index contributed by atoms with van der Waals surface area (Å²) in [7, 11) is 0. The van der Waals surface area contributed by atoms with E-state index in [0.29, 0.717) is 5.56 Å². The number of rotatable bonds is 3. The Labute approximate surface area is 117 Å². The van der Waals surface area contributed by atoms with Gasteiger partial charge in [-0.15, -0.1) is 0 Å². The summed E-state index contributed by atoms with van der Waals surface area (Å²) in [5.74, 6) is -0.884. The van der Waals surface area contributed by atoms with Gasteiger partial charge in [0.2, 0.25) is 0 Å². The fourth-order valence-corrected chi connectivity index (χ4v) is 2.48. The van der Waals surface area contributed by atoms with Crippen molar-refractivity contribution in [2.24, 2.45) is 0 Å². The molecule has 20 heavy (non-hydrogen) atoms. The number of carbonyl (C=O) groups is 1. The molecule has 2 nitrogen and oxygen atoms in total. The first-order valence-corrected chi connectivity index (χ1v) is 6.53. The lowest BCUT2D eigenvalue weighted by Gasteiger charge is -2.09. The summed E-state index contributed by atoms with van der Waals surface area (Å²) >= 11 is 0. The summed E-state index contributed by atoms with van der Waals surface area (Å²) < 4.78 is 0. The van der Waals surface area contributed by atoms with Crippen LogP contribution in [0.1, 0.15) is 21.5 Å². The predicted octanol–water partition coefficient (Wildman–Crippen LogP) is 4.13. The molecule has 0 unspecified atom stereocenters. The van der Waals surface area contributed by atoms with E-state index < -0.39 is 5.97 Å². The summed E-state index contributed by atoms with van der Waals surface area (Å²) in [6.45, 7) is 0. The number of aromatic carboxylic acids is 1. The van der Waals surface area contributed by atoms with Crippen molar-refractivity contribution in [1.82, 2.24) is 0 Å². The van der Waals surface area contributed by atoms with Crippen LogP contribution in [0.15, 0.2) is 66.7 Å². The molecule has 0 heterocycles. The van der Waals surface area contributed by atoms with E-state index in [1.54, 1.807) is 12.1 Å². The predicted molar refractivity (Wildman–Crippen MR) is 80.2 cm³/mol. The Kier molecular flexibility index (Phi) is 3.21. The summed E-state index contributed by atoms with van der Waals surface area (Å²) in [5.41, 5.74) is 2.57. The van der Waals surface area contributed by atoms with Crippen LogP contribution in [0.3, 0.4) is 0 Å². The second kappa shape index (κ2) is 5.17. The van der Waals surface area contributed by atoms with E-state index in [1.165, 1.54) is 5.56 Å². The first-order chi connectivity index (χ1) is 9.74. The molecule has 0 spiro atoms. The Balaban J connectivity index is 2.15. The van der Waals surface area contributed by atoms with Gasteiger partial charge in [-0.3, -0.25) is 0 Å². The second-order valence-corrected chi connectivity index (χ2v) is 4.82. The van der Waals surface area contributed by atoms with E-state index in [1.807, 2.05) is 42.5 Å². The highest BCUT2D eigenvalue weighted by molar-refractivity contribution is 5.96. The van der Waals surface area contributed by atoms with Crippen molar-refractivity contribution in [3.63, 3.8) is 0 Å². The molecule has 1 N–H and O–H groups in total. The number of fused-ring (bicyclic) bond motifs is 1. The van der Waals surface area contributed by atoms with Gasteiger partial charge in [0.25, 0.3) is 0 Å². The normalized spacial score (nSPS) is 10.6. The van der Waals surface area contributed by atoms with Crippen molar-refractivity contribution in [1.29, 1.82) is 0 Å². The van der Waals surface area contributed by atoms with Gasteiger partial charge in [0.1, 0.15) is 0 Å². The molecule has 0 radical (unpaired) electrons. The van der Waals surface area contributed by atoms with E-state index in [0.717, 1.165) is 22.8 Å². The third-order valence-corrected chi connectivity index (χ3v) is 3.43. The number of hydrogen-bond acceptors (Lipinski definition) is 1. The molecule has 98 valence electrons. The minimum absolute atomic E-state index is 0.342. The van der Waals surface area contributed by atoms with Crippen molar-refractivity contribution in [3.05, 3.63) is 83.4 Å². The molecule has 0 fully saturated rings. The van der Waals surface area contributed by atoms with Crippen LogP contribution in [0.25, 0.3) is 10.8 Å². The molecule has 0 aromatic heterocycles. The monoisotopic (exact) mass is 262 g/mol. The van der Waals surface area contributed by atoms with Crippen LogP contribution in [0.5, 0.6) is 0 Å². The third kappa shape index (κ3) is 2.41. The van der Waals surface area contributed by atoms with Crippen LogP contribution in [0, 0.1) is 0 Å². The van der Waals surface area contributed by atoms with Crippen LogP contribution in [-0.2, 0) is 6.42 Å². The lowest BCUT2D eigenvalue weighted by atomic mass is 9.96. The molecule has 2 heteroatoms. The molecule has 0 aliphatic rings. The van der Waals surface area contributed by atoms with Gasteiger partial charge in [0.15, 0.2) is 0 Å². The van der Waals surface area contributed by atoms with Gasteiger partial charge in [0, 0.05) is 0 Å². The van der Waals surface area contributed by atoms with E-state index >= 15 is 0 Å². The number of hydrogen-bond donors (Lipinski definition) is 1. The molecule has 0 aliphatic carbocycles. The minimum atomic E-state index is -0.884. The van der Waals surface area contributed by atoms with Crippen LogP contribution in [-0.4, -0.2) is 11.1 Å². The van der Waals surface area contributed by atoms with Crippen molar-refractivity contribution in [2.45, 2.75) is 6.42 Å². The number of benzene rings is 3. The smallest absolute Gasteiger partial charge is 0.335 e. The van der Waals surface area contributed by atoms with Gasteiger partial charge in [-0.1, -0.05) is 54.6 Å². The lowest BCUT2D eigenvalue weighted by molar-refractivity contribution is 0.0697. The zero-order valence-electron chi connectivity index (χ0n) is 10.9. The van der Waals surface area contributed by atoms with Crippen molar-refractivity contribution >= 4 is 16.7 Å². The molecule has 3 rings (SSSR count). The average molecular weight is 262 g/mol. The quantitative estimate of drug-likeness (QED) is 0.770. The fourth-order valence-electron chi connectivity index (χ4n) is 2.48. The Morgan fingerprint density at radius 3 is 2.35 bits per heavy atom. The van der Waals surface area contributed by atoms with Gasteiger partial charge in [-0.25, -0.2) is 4.79 Å². The summed E-state index contributed by atoms with van der Waals surface area (Å²) in [5, 5.41) is 11.3. The van der Waals surface area contributed by atoms with Gasteiger partial charge in [0.05, 0.1) is 5.56 Å². The van der Waals surface area contributed by atoms with Crippen LogP contribution in [0.4, 0.5) is 0 Å². The van der Waals surface area contributed by atoms with E-state index in [4.69, 9.17) is 0 Å². The van der Waals surface area contributed by atoms with Crippen LogP contribution >= 0.6 is 0 Å². The van der Waals surface area contributed by atoms with Crippen LogP contribution < -0.4 is 0 Å². The van der Waals surface area contributed by atoms with E-state index in [2.05, 4.69) is 12.1 Å². The number of carboxylic acids is 1.